The van der Waals surface area contributed by atoms with Crippen LogP contribution < -0.4 is 5.69 Å². The average Bonchev–Trinajstić information content (AvgIpc) is 2.73. The number of imidazole rings is 1. The van der Waals surface area contributed by atoms with E-state index in [0.717, 1.165) is 12.3 Å². The predicted octanol–water partition coefficient (Wildman–Crippen LogP) is 2.13. The van der Waals surface area contributed by atoms with Crippen LogP contribution in [0, 0.1) is 0 Å². The van der Waals surface area contributed by atoms with Crippen LogP contribution in [-0.2, 0) is 39.4 Å². The zero-order valence-electron chi connectivity index (χ0n) is 15.4. The molecule has 0 amide bonds. The second-order valence-electron chi connectivity index (χ2n) is 7.37. The van der Waals surface area contributed by atoms with Crippen LogP contribution in [0.15, 0.2) is 23.0 Å². The Kier molecular flexibility index (Phi) is 5.92. The molecule has 0 bridgehead atoms. The van der Waals surface area contributed by atoms with E-state index in [1.165, 1.54) is 4.57 Å². The molecule has 9 heteroatoms. The number of aryl methyl sites for hydroxylation is 1. The number of para-hydroxylation sites is 1. The van der Waals surface area contributed by atoms with Crippen LogP contribution >= 0.6 is 0 Å². The molecule has 0 spiro atoms. The number of fused-ring (bicyclic) bond motifs is 1. The molecule has 0 fully saturated rings. The lowest BCUT2D eigenvalue weighted by Crippen LogP contribution is -2.25. The van der Waals surface area contributed by atoms with Gasteiger partial charge in [-0.1, -0.05) is 31.8 Å². The third-order valence-electron chi connectivity index (χ3n) is 3.89. The van der Waals surface area contributed by atoms with Gasteiger partial charge in [-0.2, -0.15) is 8.42 Å². The first kappa shape index (κ1) is 19.9. The zero-order chi connectivity index (χ0) is 18.8. The molecule has 0 aliphatic rings. The predicted molar refractivity (Wildman–Crippen MR) is 101 cm³/mol. The van der Waals surface area contributed by atoms with Gasteiger partial charge >= 0.3 is 5.69 Å². The van der Waals surface area contributed by atoms with Crippen molar-refractivity contribution in [2.75, 3.05) is 12.9 Å². The van der Waals surface area contributed by atoms with E-state index >= 15 is 0 Å². The summed E-state index contributed by atoms with van der Waals surface area (Å²) in [6.07, 6.45) is 1.00. The summed E-state index contributed by atoms with van der Waals surface area (Å²) in [5.74, 6) is 0. The molecule has 1 aromatic carbocycles. The van der Waals surface area contributed by atoms with E-state index in [0.29, 0.717) is 23.2 Å². The fourth-order valence-corrected chi connectivity index (χ4v) is 3.61. The number of aromatic nitrogens is 2. The topological polar surface area (TPSA) is 79.5 Å². The summed E-state index contributed by atoms with van der Waals surface area (Å²) in [6, 6.07) is 6.38. The van der Waals surface area contributed by atoms with Crippen molar-refractivity contribution in [3.05, 3.63) is 34.2 Å². The fraction of sp³-hybridized carbons (Fsp3) is 0.562. The van der Waals surface area contributed by atoms with Crippen LogP contribution in [0.2, 0.25) is 25.7 Å². The van der Waals surface area contributed by atoms with Gasteiger partial charge in [-0.15, -0.1) is 0 Å². The van der Waals surface area contributed by atoms with Crippen molar-refractivity contribution in [3.8, 4) is 0 Å². The molecule has 0 unspecified atom stereocenters. The molecule has 7 nitrogen and oxygen atoms in total. The number of hydrogen-bond acceptors (Lipinski definition) is 5. The van der Waals surface area contributed by atoms with Crippen LogP contribution in [-0.4, -0.2) is 38.5 Å². The smallest absolute Gasteiger partial charge is 0.330 e. The Bertz CT molecular complexity index is 909. The minimum Gasteiger partial charge on any atom is -0.361 e. The Morgan fingerprint density at radius 3 is 2.48 bits per heavy atom. The van der Waals surface area contributed by atoms with Crippen LogP contribution in [0.1, 0.15) is 5.56 Å². The minimum absolute atomic E-state index is 0.107. The maximum atomic E-state index is 12.5. The van der Waals surface area contributed by atoms with Crippen LogP contribution in [0.3, 0.4) is 0 Å². The Morgan fingerprint density at radius 2 is 1.88 bits per heavy atom. The van der Waals surface area contributed by atoms with Crippen molar-refractivity contribution in [2.24, 2.45) is 7.05 Å². The van der Waals surface area contributed by atoms with Gasteiger partial charge in [0.1, 0.15) is 6.73 Å². The van der Waals surface area contributed by atoms with Gasteiger partial charge in [0.2, 0.25) is 0 Å². The normalized spacial score (nSPS) is 12.8. The first-order chi connectivity index (χ1) is 11.5. The molecule has 2 aromatic rings. The van der Waals surface area contributed by atoms with Crippen molar-refractivity contribution in [3.63, 3.8) is 0 Å². The lowest BCUT2D eigenvalue weighted by Gasteiger charge is -2.15. The molecular weight excluding hydrogens is 360 g/mol. The summed E-state index contributed by atoms with van der Waals surface area (Å²) >= 11 is 0. The third kappa shape index (κ3) is 5.27. The fourth-order valence-electron chi connectivity index (χ4n) is 2.51. The van der Waals surface area contributed by atoms with Crippen LogP contribution in [0.4, 0.5) is 0 Å². The van der Waals surface area contributed by atoms with Crippen molar-refractivity contribution < 1.29 is 17.3 Å². The van der Waals surface area contributed by atoms with Crippen molar-refractivity contribution in [1.82, 2.24) is 9.13 Å². The van der Waals surface area contributed by atoms with Gasteiger partial charge in [-0.05, 0) is 12.1 Å². The maximum absolute atomic E-state index is 12.5. The van der Waals surface area contributed by atoms with Gasteiger partial charge in [0, 0.05) is 27.3 Å². The summed E-state index contributed by atoms with van der Waals surface area (Å²) in [5.41, 5.74) is 1.80. The van der Waals surface area contributed by atoms with Crippen molar-refractivity contribution in [2.45, 2.75) is 39.0 Å². The highest BCUT2D eigenvalue weighted by Crippen LogP contribution is 2.19. The first-order valence-corrected chi connectivity index (χ1v) is 13.6. The quantitative estimate of drug-likeness (QED) is 0.394. The number of nitrogens with zero attached hydrogens (tertiary/aromatic N) is 2. The maximum Gasteiger partial charge on any atom is 0.330 e. The Morgan fingerprint density at radius 1 is 1.20 bits per heavy atom. The molecule has 0 aliphatic heterocycles. The number of hydrogen-bond donors (Lipinski definition) is 0. The Hall–Kier alpha value is -1.42. The number of ether oxygens (including phenoxy) is 1. The Balaban J connectivity index is 2.27. The van der Waals surface area contributed by atoms with Gasteiger partial charge in [0.25, 0.3) is 10.1 Å². The average molecular weight is 387 g/mol. The van der Waals surface area contributed by atoms with E-state index in [9.17, 15) is 13.2 Å². The molecule has 2 rings (SSSR count). The van der Waals surface area contributed by atoms with Crippen molar-refractivity contribution in [1.29, 1.82) is 0 Å². The van der Waals surface area contributed by atoms with Crippen LogP contribution in [0.25, 0.3) is 11.0 Å². The molecule has 140 valence electrons. The largest absolute Gasteiger partial charge is 0.361 e. The molecule has 1 aromatic heterocycles. The summed E-state index contributed by atoms with van der Waals surface area (Å²) in [5, 5.41) is 0. The van der Waals surface area contributed by atoms with Gasteiger partial charge in [-0.25, -0.2) is 4.79 Å². The summed E-state index contributed by atoms with van der Waals surface area (Å²) in [7, 11) is -3.08. The van der Waals surface area contributed by atoms with E-state index in [4.69, 9.17) is 8.92 Å². The summed E-state index contributed by atoms with van der Waals surface area (Å²) < 4.78 is 36.1. The van der Waals surface area contributed by atoms with E-state index in [-0.39, 0.29) is 19.0 Å². The molecule has 0 saturated carbocycles. The lowest BCUT2D eigenvalue weighted by atomic mass is 10.2. The minimum atomic E-state index is -3.55. The molecule has 1 heterocycles. The molecular formula is C16H26N2O5SSi. The lowest BCUT2D eigenvalue weighted by molar-refractivity contribution is 0.0873. The van der Waals surface area contributed by atoms with E-state index in [2.05, 4.69) is 19.6 Å². The standard InChI is InChI=1S/C16H26N2O5SSi/c1-17-15-13(11-23-24(2,20)21)7-6-8-14(15)18(16(17)19)12-22-9-10-25(3,4)5/h6-8H,9-12H2,1-5H3. The van der Waals surface area contributed by atoms with E-state index in [1.807, 2.05) is 6.07 Å². The Labute approximate surface area is 149 Å². The van der Waals surface area contributed by atoms with Gasteiger partial charge in [0.05, 0.1) is 23.9 Å². The number of rotatable bonds is 8. The second kappa shape index (κ2) is 7.44. The molecule has 25 heavy (non-hydrogen) atoms. The second-order valence-corrected chi connectivity index (χ2v) is 14.6. The van der Waals surface area contributed by atoms with Crippen molar-refractivity contribution >= 4 is 29.2 Å². The molecule has 0 aliphatic carbocycles. The third-order valence-corrected chi connectivity index (χ3v) is 6.14. The highest BCUT2D eigenvalue weighted by atomic mass is 32.2. The zero-order valence-corrected chi connectivity index (χ0v) is 17.2. The first-order valence-electron chi connectivity index (χ1n) is 8.09. The van der Waals surface area contributed by atoms with Gasteiger partial charge < -0.3 is 4.74 Å². The number of benzene rings is 1. The summed E-state index contributed by atoms with van der Waals surface area (Å²) in [4.78, 5) is 12.5. The SMILES string of the molecule is Cn1c(=O)n(COCC[Si](C)(C)C)c2cccc(COS(C)(=O)=O)c21. The summed E-state index contributed by atoms with van der Waals surface area (Å²) in [6.45, 7) is 7.51. The van der Waals surface area contributed by atoms with E-state index in [1.54, 1.807) is 23.7 Å². The highest BCUT2D eigenvalue weighted by molar-refractivity contribution is 7.85. The molecule has 0 radical (unpaired) electrons. The molecule has 0 atom stereocenters. The van der Waals surface area contributed by atoms with Gasteiger partial charge in [-0.3, -0.25) is 13.3 Å². The van der Waals surface area contributed by atoms with Gasteiger partial charge in [0.15, 0.2) is 0 Å². The highest BCUT2D eigenvalue weighted by Gasteiger charge is 2.16. The molecule has 0 N–H and O–H groups in total. The molecule has 0 saturated heterocycles. The monoisotopic (exact) mass is 386 g/mol. The van der Waals surface area contributed by atoms with Crippen LogP contribution in [0.5, 0.6) is 0 Å². The van der Waals surface area contributed by atoms with E-state index < -0.39 is 18.2 Å².